The summed E-state index contributed by atoms with van der Waals surface area (Å²) in [5.41, 5.74) is 0. The summed E-state index contributed by atoms with van der Waals surface area (Å²) in [6, 6.07) is 5.19. The summed E-state index contributed by atoms with van der Waals surface area (Å²) in [6.07, 6.45) is 0.128. The summed E-state index contributed by atoms with van der Waals surface area (Å²) >= 11 is 11.6. The molecule has 0 unspecified atom stereocenters. The van der Waals surface area contributed by atoms with Crippen LogP contribution in [0.15, 0.2) is 18.2 Å². The smallest absolute Gasteiger partial charge is 0.138 e. The molecule has 0 saturated carbocycles. The van der Waals surface area contributed by atoms with Crippen LogP contribution in [0, 0.1) is 0 Å². The second kappa shape index (κ2) is 4.01. The van der Waals surface area contributed by atoms with Gasteiger partial charge in [-0.25, -0.2) is 0 Å². The number of halogens is 2. The molecule has 0 atom stereocenters. The Morgan fingerprint density at radius 2 is 1.92 bits per heavy atom. The molecule has 1 aromatic carbocycles. The van der Waals surface area contributed by atoms with Crippen LogP contribution in [-0.2, 0) is 0 Å². The van der Waals surface area contributed by atoms with Gasteiger partial charge in [-0.1, -0.05) is 23.2 Å². The van der Waals surface area contributed by atoms with Gasteiger partial charge in [-0.2, -0.15) is 0 Å². The van der Waals surface area contributed by atoms with Crippen molar-refractivity contribution in [1.82, 2.24) is 0 Å². The van der Waals surface area contributed by atoms with Crippen LogP contribution in [0.3, 0.4) is 0 Å². The third-order valence-electron chi connectivity index (χ3n) is 1.26. The maximum absolute atomic E-state index is 5.86. The quantitative estimate of drug-likeness (QED) is 0.713. The van der Waals surface area contributed by atoms with E-state index in [0.29, 0.717) is 15.8 Å². The highest BCUT2D eigenvalue weighted by Gasteiger charge is 2.03. The van der Waals surface area contributed by atoms with E-state index in [1.54, 1.807) is 18.2 Å². The Labute approximate surface area is 82.2 Å². The van der Waals surface area contributed by atoms with Crippen molar-refractivity contribution < 1.29 is 4.74 Å². The fraction of sp³-hybridized carbons (Fsp3) is 0.333. The molecule has 0 fully saturated rings. The lowest BCUT2D eigenvalue weighted by Crippen LogP contribution is -2.05. The van der Waals surface area contributed by atoms with Crippen molar-refractivity contribution in [3.05, 3.63) is 28.2 Å². The van der Waals surface area contributed by atoms with Crippen LogP contribution in [0.2, 0.25) is 10.0 Å². The topological polar surface area (TPSA) is 9.23 Å². The Hall–Kier alpha value is -0.400. The Bertz CT molecular complexity index is 271. The van der Waals surface area contributed by atoms with Crippen molar-refractivity contribution in [3.63, 3.8) is 0 Å². The predicted octanol–water partition coefficient (Wildman–Crippen LogP) is 3.78. The van der Waals surface area contributed by atoms with Crippen LogP contribution in [0.4, 0.5) is 0 Å². The predicted molar refractivity (Wildman–Crippen MR) is 52.2 cm³/mol. The van der Waals surface area contributed by atoms with Crippen LogP contribution < -0.4 is 4.74 Å². The van der Waals surface area contributed by atoms with Crippen LogP contribution >= 0.6 is 23.2 Å². The summed E-state index contributed by atoms with van der Waals surface area (Å²) < 4.78 is 5.41. The molecule has 0 aromatic heterocycles. The molecule has 1 aromatic rings. The third-order valence-corrected chi connectivity index (χ3v) is 1.79. The van der Waals surface area contributed by atoms with Gasteiger partial charge in [0.2, 0.25) is 0 Å². The van der Waals surface area contributed by atoms with Crippen molar-refractivity contribution in [3.8, 4) is 5.75 Å². The fourth-order valence-electron chi connectivity index (χ4n) is 0.825. The average molecular weight is 205 g/mol. The maximum atomic E-state index is 5.86. The summed E-state index contributed by atoms with van der Waals surface area (Å²) in [7, 11) is 0. The molecular weight excluding hydrogens is 195 g/mol. The SMILES string of the molecule is CC(C)Oc1ccc(Cl)cc1Cl. The normalized spacial score (nSPS) is 10.4. The molecule has 0 heterocycles. The molecule has 1 nitrogen and oxygen atoms in total. The van der Waals surface area contributed by atoms with E-state index in [-0.39, 0.29) is 6.10 Å². The Kier molecular flexibility index (Phi) is 3.24. The second-order valence-electron chi connectivity index (χ2n) is 2.74. The van der Waals surface area contributed by atoms with Gasteiger partial charge in [0, 0.05) is 5.02 Å². The van der Waals surface area contributed by atoms with Crippen molar-refractivity contribution in [2.75, 3.05) is 0 Å². The average Bonchev–Trinajstić information content (AvgIpc) is 1.94. The molecule has 0 spiro atoms. The van der Waals surface area contributed by atoms with Gasteiger partial charge in [-0.05, 0) is 32.0 Å². The van der Waals surface area contributed by atoms with Gasteiger partial charge in [-0.3, -0.25) is 0 Å². The number of ether oxygens (including phenoxy) is 1. The summed E-state index contributed by atoms with van der Waals surface area (Å²) in [4.78, 5) is 0. The van der Waals surface area contributed by atoms with E-state index in [1.807, 2.05) is 13.8 Å². The highest BCUT2D eigenvalue weighted by Crippen LogP contribution is 2.28. The first kappa shape index (κ1) is 9.69. The zero-order valence-corrected chi connectivity index (χ0v) is 8.49. The Morgan fingerprint density at radius 3 is 2.42 bits per heavy atom. The first-order valence-electron chi connectivity index (χ1n) is 3.71. The van der Waals surface area contributed by atoms with E-state index in [0.717, 1.165) is 0 Å². The van der Waals surface area contributed by atoms with E-state index in [4.69, 9.17) is 27.9 Å². The largest absolute Gasteiger partial charge is 0.489 e. The van der Waals surface area contributed by atoms with E-state index >= 15 is 0 Å². The monoisotopic (exact) mass is 204 g/mol. The minimum absolute atomic E-state index is 0.128. The third kappa shape index (κ3) is 2.58. The summed E-state index contributed by atoms with van der Waals surface area (Å²) in [5.74, 6) is 0.677. The molecule has 1 rings (SSSR count). The van der Waals surface area contributed by atoms with E-state index in [1.165, 1.54) is 0 Å². The summed E-state index contributed by atoms with van der Waals surface area (Å²) in [5, 5.41) is 1.17. The van der Waals surface area contributed by atoms with Crippen molar-refractivity contribution >= 4 is 23.2 Å². The Balaban J connectivity index is 2.86. The van der Waals surface area contributed by atoms with Crippen molar-refractivity contribution in [1.29, 1.82) is 0 Å². The number of hydrogen-bond acceptors (Lipinski definition) is 1. The van der Waals surface area contributed by atoms with Gasteiger partial charge in [0.05, 0.1) is 11.1 Å². The molecule has 12 heavy (non-hydrogen) atoms. The second-order valence-corrected chi connectivity index (χ2v) is 3.58. The fourth-order valence-corrected chi connectivity index (χ4v) is 1.28. The lowest BCUT2D eigenvalue weighted by atomic mass is 10.3. The van der Waals surface area contributed by atoms with Crippen LogP contribution in [0.1, 0.15) is 13.8 Å². The number of benzene rings is 1. The molecule has 66 valence electrons. The molecule has 0 radical (unpaired) electrons. The molecular formula is C9H10Cl2O. The molecule has 0 aliphatic carbocycles. The standard InChI is InChI=1S/C9H10Cl2O/c1-6(2)12-9-4-3-7(10)5-8(9)11/h3-6H,1-2H3. The molecule has 0 bridgehead atoms. The highest BCUT2D eigenvalue weighted by molar-refractivity contribution is 6.35. The number of rotatable bonds is 2. The molecule has 0 aliphatic rings. The van der Waals surface area contributed by atoms with Gasteiger partial charge in [-0.15, -0.1) is 0 Å². The van der Waals surface area contributed by atoms with Gasteiger partial charge >= 0.3 is 0 Å². The first-order valence-corrected chi connectivity index (χ1v) is 4.47. The van der Waals surface area contributed by atoms with E-state index in [2.05, 4.69) is 0 Å². The molecule has 0 saturated heterocycles. The zero-order valence-electron chi connectivity index (χ0n) is 6.97. The molecule has 0 amide bonds. The van der Waals surface area contributed by atoms with Crippen molar-refractivity contribution in [2.24, 2.45) is 0 Å². The highest BCUT2D eigenvalue weighted by atomic mass is 35.5. The van der Waals surface area contributed by atoms with Gasteiger partial charge < -0.3 is 4.74 Å². The van der Waals surface area contributed by atoms with Gasteiger partial charge in [0.25, 0.3) is 0 Å². The molecule has 3 heteroatoms. The lowest BCUT2D eigenvalue weighted by molar-refractivity contribution is 0.242. The molecule has 0 N–H and O–H groups in total. The van der Waals surface area contributed by atoms with Gasteiger partial charge in [0.15, 0.2) is 0 Å². The van der Waals surface area contributed by atoms with Crippen LogP contribution in [-0.4, -0.2) is 6.10 Å². The van der Waals surface area contributed by atoms with E-state index in [9.17, 15) is 0 Å². The zero-order chi connectivity index (χ0) is 9.14. The maximum Gasteiger partial charge on any atom is 0.138 e. The lowest BCUT2D eigenvalue weighted by Gasteiger charge is -2.10. The Morgan fingerprint density at radius 1 is 1.25 bits per heavy atom. The van der Waals surface area contributed by atoms with Gasteiger partial charge in [0.1, 0.15) is 5.75 Å². The summed E-state index contributed by atoms with van der Waals surface area (Å²) in [6.45, 7) is 3.90. The number of hydrogen-bond donors (Lipinski definition) is 0. The van der Waals surface area contributed by atoms with Crippen molar-refractivity contribution in [2.45, 2.75) is 20.0 Å². The minimum atomic E-state index is 0.128. The first-order chi connectivity index (χ1) is 5.59. The van der Waals surface area contributed by atoms with Crippen LogP contribution in [0.25, 0.3) is 0 Å². The minimum Gasteiger partial charge on any atom is -0.489 e. The van der Waals surface area contributed by atoms with E-state index < -0.39 is 0 Å². The molecule has 0 aliphatic heterocycles. The van der Waals surface area contributed by atoms with Crippen LogP contribution in [0.5, 0.6) is 5.75 Å².